The van der Waals surface area contributed by atoms with E-state index < -0.39 is 11.6 Å². The lowest BCUT2D eigenvalue weighted by Crippen LogP contribution is -2.36. The molecule has 4 rings (SSSR count). The molecule has 5 nitrogen and oxygen atoms in total. The number of amides is 1. The molecule has 1 aliphatic rings. The molecular formula is C20H16F2N4O. The van der Waals surface area contributed by atoms with Crippen LogP contribution in [0.4, 0.5) is 26.0 Å². The minimum atomic E-state index is -0.747. The predicted molar refractivity (Wildman–Crippen MR) is 98.1 cm³/mol. The second kappa shape index (κ2) is 6.75. The molecule has 1 N–H and O–H groups in total. The molecule has 0 radical (unpaired) electrons. The maximum Gasteiger partial charge on any atom is 0.277 e. The number of carbonyl (C=O) groups excluding carboxylic acids is 1. The Kier molecular flexibility index (Phi) is 4.27. The average Bonchev–Trinajstić information content (AvgIpc) is 3.00. The summed E-state index contributed by atoms with van der Waals surface area (Å²) in [5.74, 6) is -1.64. The quantitative estimate of drug-likeness (QED) is 0.759. The van der Waals surface area contributed by atoms with Crippen LogP contribution in [0.25, 0.3) is 0 Å². The first-order valence-electron chi connectivity index (χ1n) is 8.49. The molecule has 2 heterocycles. The van der Waals surface area contributed by atoms with Crippen molar-refractivity contribution in [2.45, 2.75) is 19.4 Å². The molecule has 0 aliphatic carbocycles. The summed E-state index contributed by atoms with van der Waals surface area (Å²) in [6.07, 6.45) is 1.96. The lowest BCUT2D eigenvalue weighted by Gasteiger charge is -2.22. The molecule has 1 amide bonds. The van der Waals surface area contributed by atoms with Crippen molar-refractivity contribution in [3.63, 3.8) is 0 Å². The Balaban J connectivity index is 1.64. The average molecular weight is 366 g/mol. The standard InChI is InChI=1S/C20H16F2N4O/c1-12-9-13-5-2-3-8-17(13)26(12)20(27)16-10-18(24-11-23-16)25-19-14(21)6-4-7-15(19)22/h2-8,10-12H,9H2,1H3,(H,23,24,25). The number of nitrogens with one attached hydrogen (secondary N) is 1. The number of benzene rings is 2. The number of rotatable bonds is 3. The molecule has 0 saturated carbocycles. The van der Waals surface area contributed by atoms with E-state index in [0.717, 1.165) is 29.8 Å². The van der Waals surface area contributed by atoms with Crippen molar-refractivity contribution >= 4 is 23.1 Å². The fourth-order valence-electron chi connectivity index (χ4n) is 3.29. The van der Waals surface area contributed by atoms with Crippen LogP contribution in [0.15, 0.2) is 54.9 Å². The first kappa shape index (κ1) is 17.1. The van der Waals surface area contributed by atoms with E-state index >= 15 is 0 Å². The van der Waals surface area contributed by atoms with E-state index in [1.54, 1.807) is 4.90 Å². The summed E-state index contributed by atoms with van der Waals surface area (Å²) < 4.78 is 27.7. The highest BCUT2D eigenvalue weighted by atomic mass is 19.1. The smallest absolute Gasteiger partial charge is 0.277 e. The van der Waals surface area contributed by atoms with Crippen LogP contribution < -0.4 is 10.2 Å². The van der Waals surface area contributed by atoms with Gasteiger partial charge in [0.25, 0.3) is 5.91 Å². The van der Waals surface area contributed by atoms with Crippen LogP contribution >= 0.6 is 0 Å². The van der Waals surface area contributed by atoms with E-state index in [1.807, 2.05) is 31.2 Å². The second-order valence-electron chi connectivity index (χ2n) is 6.37. The van der Waals surface area contributed by atoms with E-state index in [2.05, 4.69) is 15.3 Å². The van der Waals surface area contributed by atoms with Gasteiger partial charge in [0.2, 0.25) is 0 Å². The largest absolute Gasteiger partial charge is 0.335 e. The van der Waals surface area contributed by atoms with Crippen molar-refractivity contribution in [1.29, 1.82) is 0 Å². The van der Waals surface area contributed by atoms with Gasteiger partial charge in [-0.1, -0.05) is 24.3 Å². The second-order valence-corrected chi connectivity index (χ2v) is 6.37. The van der Waals surface area contributed by atoms with Crippen LogP contribution in [0.1, 0.15) is 23.0 Å². The van der Waals surface area contributed by atoms with Gasteiger partial charge in [0.1, 0.15) is 35.2 Å². The van der Waals surface area contributed by atoms with Crippen molar-refractivity contribution in [2.24, 2.45) is 0 Å². The van der Waals surface area contributed by atoms with Gasteiger partial charge >= 0.3 is 0 Å². The molecule has 7 heteroatoms. The summed E-state index contributed by atoms with van der Waals surface area (Å²) in [4.78, 5) is 22.7. The third-order valence-corrected chi connectivity index (χ3v) is 4.53. The summed E-state index contributed by atoms with van der Waals surface area (Å²) in [6, 6.07) is 12.6. The van der Waals surface area contributed by atoms with Gasteiger partial charge in [0.05, 0.1) is 0 Å². The lowest BCUT2D eigenvalue weighted by molar-refractivity contribution is 0.0976. The maximum absolute atomic E-state index is 13.8. The molecule has 3 aromatic rings. The number of fused-ring (bicyclic) bond motifs is 1. The first-order chi connectivity index (χ1) is 13.0. The minimum absolute atomic E-state index is 0.00899. The van der Waals surface area contributed by atoms with Gasteiger partial charge in [0.15, 0.2) is 0 Å². The number of hydrogen-bond acceptors (Lipinski definition) is 4. The highest BCUT2D eigenvalue weighted by Gasteiger charge is 2.32. The van der Waals surface area contributed by atoms with Crippen LogP contribution in [0, 0.1) is 11.6 Å². The fourth-order valence-corrected chi connectivity index (χ4v) is 3.29. The van der Waals surface area contributed by atoms with E-state index in [0.29, 0.717) is 0 Å². The summed E-state index contributed by atoms with van der Waals surface area (Å²) in [7, 11) is 0. The lowest BCUT2D eigenvalue weighted by atomic mass is 10.1. The SMILES string of the molecule is CC1Cc2ccccc2N1C(=O)c1cc(Nc2c(F)cccc2F)ncn1. The molecule has 0 bridgehead atoms. The summed E-state index contributed by atoms with van der Waals surface area (Å²) >= 11 is 0. The van der Waals surface area contributed by atoms with E-state index in [-0.39, 0.29) is 29.1 Å². The van der Waals surface area contributed by atoms with Crippen LogP contribution in [0.2, 0.25) is 0 Å². The Bertz CT molecular complexity index is 1000. The molecule has 1 aliphatic heterocycles. The van der Waals surface area contributed by atoms with Crippen molar-refractivity contribution < 1.29 is 13.6 Å². The number of para-hydroxylation sites is 2. The van der Waals surface area contributed by atoms with Gasteiger partial charge in [-0.15, -0.1) is 0 Å². The van der Waals surface area contributed by atoms with E-state index in [4.69, 9.17) is 0 Å². The Morgan fingerprint density at radius 2 is 1.85 bits per heavy atom. The van der Waals surface area contributed by atoms with Crippen molar-refractivity contribution in [2.75, 3.05) is 10.2 Å². The van der Waals surface area contributed by atoms with Crippen LogP contribution in [-0.2, 0) is 6.42 Å². The van der Waals surface area contributed by atoms with Gasteiger partial charge in [0, 0.05) is 17.8 Å². The van der Waals surface area contributed by atoms with Crippen molar-refractivity contribution in [1.82, 2.24) is 9.97 Å². The van der Waals surface area contributed by atoms with Gasteiger partial charge in [-0.3, -0.25) is 4.79 Å². The first-order valence-corrected chi connectivity index (χ1v) is 8.49. The third-order valence-electron chi connectivity index (χ3n) is 4.53. The number of hydrogen-bond donors (Lipinski definition) is 1. The molecule has 136 valence electrons. The van der Waals surface area contributed by atoms with Crippen LogP contribution in [-0.4, -0.2) is 21.9 Å². The van der Waals surface area contributed by atoms with Gasteiger partial charge in [-0.05, 0) is 37.1 Å². The Morgan fingerprint density at radius 1 is 1.11 bits per heavy atom. The zero-order valence-electron chi connectivity index (χ0n) is 14.5. The third kappa shape index (κ3) is 3.12. The molecule has 0 spiro atoms. The molecule has 1 aromatic heterocycles. The Morgan fingerprint density at radius 3 is 2.63 bits per heavy atom. The number of aromatic nitrogens is 2. The van der Waals surface area contributed by atoms with Crippen LogP contribution in [0.3, 0.4) is 0 Å². The molecule has 1 atom stereocenters. The summed E-state index contributed by atoms with van der Waals surface area (Å²) in [6.45, 7) is 1.97. The van der Waals surface area contributed by atoms with E-state index in [9.17, 15) is 13.6 Å². The topological polar surface area (TPSA) is 58.1 Å². The molecule has 0 fully saturated rings. The Hall–Kier alpha value is -3.35. The predicted octanol–water partition coefficient (Wildman–Crippen LogP) is 4.09. The zero-order chi connectivity index (χ0) is 19.0. The van der Waals surface area contributed by atoms with Gasteiger partial charge in [-0.25, -0.2) is 18.7 Å². The summed E-state index contributed by atoms with van der Waals surface area (Å²) in [5, 5.41) is 2.58. The maximum atomic E-state index is 13.8. The fraction of sp³-hybridized carbons (Fsp3) is 0.150. The van der Waals surface area contributed by atoms with Gasteiger partial charge < -0.3 is 10.2 Å². The summed E-state index contributed by atoms with van der Waals surface area (Å²) in [5.41, 5.74) is 1.77. The molecule has 2 aromatic carbocycles. The molecule has 0 saturated heterocycles. The number of nitrogens with zero attached hydrogens (tertiary/aromatic N) is 3. The Labute approximate surface area is 154 Å². The molecule has 1 unspecified atom stereocenters. The minimum Gasteiger partial charge on any atom is -0.335 e. The number of carbonyl (C=O) groups is 1. The normalized spacial score (nSPS) is 15.5. The number of halogens is 2. The highest BCUT2D eigenvalue weighted by Crippen LogP contribution is 2.33. The molecule has 27 heavy (non-hydrogen) atoms. The monoisotopic (exact) mass is 366 g/mol. The van der Waals surface area contributed by atoms with Crippen molar-refractivity contribution in [3.05, 3.63) is 77.8 Å². The van der Waals surface area contributed by atoms with Gasteiger partial charge in [-0.2, -0.15) is 0 Å². The number of anilines is 3. The highest BCUT2D eigenvalue weighted by molar-refractivity contribution is 6.06. The van der Waals surface area contributed by atoms with Crippen LogP contribution in [0.5, 0.6) is 0 Å². The molecular weight excluding hydrogens is 350 g/mol. The van der Waals surface area contributed by atoms with Crippen molar-refractivity contribution in [3.8, 4) is 0 Å². The van der Waals surface area contributed by atoms with E-state index in [1.165, 1.54) is 18.5 Å². The zero-order valence-corrected chi connectivity index (χ0v) is 14.5.